The minimum absolute atomic E-state index is 0.0986. The second kappa shape index (κ2) is 8.00. The molecule has 0 saturated carbocycles. The maximum atomic E-state index is 12.2. The molecule has 0 unspecified atom stereocenters. The van der Waals surface area contributed by atoms with E-state index in [-0.39, 0.29) is 24.3 Å². The molecule has 1 aromatic rings. The third-order valence-corrected chi connectivity index (χ3v) is 4.47. The molecular weight excluding hydrogens is 320 g/mol. The summed E-state index contributed by atoms with van der Waals surface area (Å²) in [5, 5.41) is 5.51. The van der Waals surface area contributed by atoms with Crippen molar-refractivity contribution >= 4 is 23.5 Å². The van der Waals surface area contributed by atoms with Crippen molar-refractivity contribution in [2.75, 3.05) is 25.0 Å². The molecule has 7 nitrogen and oxygen atoms in total. The zero-order valence-electron chi connectivity index (χ0n) is 15.0. The van der Waals surface area contributed by atoms with Gasteiger partial charge in [0.05, 0.1) is 12.5 Å². The number of carbonyl (C=O) groups excluding carboxylic acids is 3. The molecule has 0 radical (unpaired) electrons. The minimum atomic E-state index is -0.513. The van der Waals surface area contributed by atoms with E-state index in [2.05, 4.69) is 10.6 Å². The number of amides is 4. The molecule has 1 aliphatic heterocycles. The van der Waals surface area contributed by atoms with E-state index in [0.717, 1.165) is 28.8 Å². The molecule has 1 aromatic carbocycles. The molecule has 1 saturated heterocycles. The number of primary amides is 1. The number of nitrogens with one attached hydrogen (secondary N) is 2. The molecule has 0 bridgehead atoms. The summed E-state index contributed by atoms with van der Waals surface area (Å²) in [5.41, 5.74) is 9.16. The lowest BCUT2D eigenvalue weighted by atomic mass is 9.97. The Morgan fingerprint density at radius 1 is 1.20 bits per heavy atom. The van der Waals surface area contributed by atoms with Crippen LogP contribution < -0.4 is 16.4 Å². The number of hydrogen-bond acceptors (Lipinski definition) is 3. The highest BCUT2D eigenvalue weighted by atomic mass is 16.2. The lowest BCUT2D eigenvalue weighted by Gasteiger charge is -2.30. The van der Waals surface area contributed by atoms with E-state index in [0.29, 0.717) is 19.5 Å². The molecule has 25 heavy (non-hydrogen) atoms. The molecule has 4 amide bonds. The van der Waals surface area contributed by atoms with Gasteiger partial charge in [-0.3, -0.25) is 9.59 Å². The third-order valence-electron chi connectivity index (χ3n) is 4.47. The van der Waals surface area contributed by atoms with Crippen molar-refractivity contribution in [2.24, 2.45) is 11.7 Å². The molecule has 0 aliphatic carbocycles. The first-order valence-electron chi connectivity index (χ1n) is 8.47. The van der Waals surface area contributed by atoms with E-state index in [4.69, 9.17) is 5.73 Å². The Morgan fingerprint density at radius 3 is 2.44 bits per heavy atom. The summed E-state index contributed by atoms with van der Waals surface area (Å²) < 4.78 is 0. The van der Waals surface area contributed by atoms with Gasteiger partial charge in [-0.05, 0) is 44.7 Å². The van der Waals surface area contributed by atoms with E-state index in [9.17, 15) is 14.4 Å². The van der Waals surface area contributed by atoms with Crippen LogP contribution >= 0.6 is 0 Å². The molecule has 1 aliphatic rings. The topological polar surface area (TPSA) is 105 Å². The zero-order chi connectivity index (χ0) is 18.6. The van der Waals surface area contributed by atoms with E-state index < -0.39 is 6.03 Å². The number of aryl methyl sites for hydroxylation is 3. The van der Waals surface area contributed by atoms with E-state index in [1.54, 1.807) is 0 Å². The molecule has 0 spiro atoms. The number of urea groups is 1. The normalized spacial score (nSPS) is 17.1. The van der Waals surface area contributed by atoms with Gasteiger partial charge in [-0.1, -0.05) is 17.7 Å². The first kappa shape index (κ1) is 18.8. The number of nitrogens with two attached hydrogens (primary N) is 1. The van der Waals surface area contributed by atoms with Crippen LogP contribution in [0.1, 0.15) is 29.5 Å². The highest BCUT2D eigenvalue weighted by molar-refractivity contribution is 5.96. The fourth-order valence-corrected chi connectivity index (χ4v) is 3.26. The average Bonchev–Trinajstić information content (AvgIpc) is 2.56. The average molecular weight is 346 g/mol. The van der Waals surface area contributed by atoms with Gasteiger partial charge < -0.3 is 21.3 Å². The van der Waals surface area contributed by atoms with Crippen LogP contribution in [0.2, 0.25) is 0 Å². The molecule has 1 heterocycles. The van der Waals surface area contributed by atoms with Crippen molar-refractivity contribution < 1.29 is 14.4 Å². The summed E-state index contributed by atoms with van der Waals surface area (Å²) >= 11 is 0. The van der Waals surface area contributed by atoms with Crippen molar-refractivity contribution in [1.82, 2.24) is 10.2 Å². The van der Waals surface area contributed by atoms with Gasteiger partial charge in [0.25, 0.3) is 0 Å². The highest BCUT2D eigenvalue weighted by Gasteiger charge is 2.27. The molecule has 0 aromatic heterocycles. The van der Waals surface area contributed by atoms with Gasteiger partial charge in [-0.25, -0.2) is 4.79 Å². The molecule has 136 valence electrons. The van der Waals surface area contributed by atoms with Gasteiger partial charge in [-0.15, -0.1) is 0 Å². The van der Waals surface area contributed by atoms with Gasteiger partial charge in [0.2, 0.25) is 11.8 Å². The molecule has 4 N–H and O–H groups in total. The lowest BCUT2D eigenvalue weighted by molar-refractivity contribution is -0.128. The third kappa shape index (κ3) is 4.95. The van der Waals surface area contributed by atoms with Crippen LogP contribution in [0.3, 0.4) is 0 Å². The van der Waals surface area contributed by atoms with Crippen molar-refractivity contribution in [2.45, 2.75) is 33.6 Å². The Kier molecular flexibility index (Phi) is 6.01. The van der Waals surface area contributed by atoms with Crippen molar-refractivity contribution in [3.63, 3.8) is 0 Å². The van der Waals surface area contributed by atoms with Crippen molar-refractivity contribution in [3.05, 3.63) is 28.8 Å². The second-order valence-corrected chi connectivity index (χ2v) is 6.66. The number of rotatable bonds is 4. The van der Waals surface area contributed by atoms with Crippen LogP contribution in [0.25, 0.3) is 0 Å². The summed E-state index contributed by atoms with van der Waals surface area (Å²) in [5.74, 6) is -0.818. The fourth-order valence-electron chi connectivity index (χ4n) is 3.26. The fraction of sp³-hybridized carbons (Fsp3) is 0.500. The zero-order valence-corrected chi connectivity index (χ0v) is 15.0. The summed E-state index contributed by atoms with van der Waals surface area (Å²) in [7, 11) is 0. The number of anilines is 1. The SMILES string of the molecule is Cc1cc(C)c(NC(=O)CNC(=O)[C@@H]2CCCN(C(N)=O)C2)c(C)c1. The molecule has 7 heteroatoms. The van der Waals surface area contributed by atoms with E-state index >= 15 is 0 Å². The van der Waals surface area contributed by atoms with Gasteiger partial charge in [0.1, 0.15) is 0 Å². The van der Waals surface area contributed by atoms with E-state index in [1.165, 1.54) is 4.90 Å². The predicted octanol–water partition coefficient (Wildman–Crippen LogP) is 1.46. The summed E-state index contributed by atoms with van der Waals surface area (Å²) in [4.78, 5) is 37.1. The summed E-state index contributed by atoms with van der Waals surface area (Å²) in [6, 6.07) is 3.49. The Labute approximate surface area is 147 Å². The van der Waals surface area contributed by atoms with Crippen LogP contribution in [-0.4, -0.2) is 42.4 Å². The molecular formula is C18H26N4O3. The van der Waals surface area contributed by atoms with Crippen molar-refractivity contribution in [3.8, 4) is 0 Å². The number of carbonyl (C=O) groups is 3. The van der Waals surface area contributed by atoms with Crippen LogP contribution in [0, 0.1) is 26.7 Å². The van der Waals surface area contributed by atoms with Crippen LogP contribution in [0.4, 0.5) is 10.5 Å². The Hall–Kier alpha value is -2.57. The Morgan fingerprint density at radius 2 is 1.84 bits per heavy atom. The number of hydrogen-bond donors (Lipinski definition) is 3. The van der Waals surface area contributed by atoms with Gasteiger partial charge in [-0.2, -0.15) is 0 Å². The Bertz CT molecular complexity index is 664. The first-order valence-corrected chi connectivity index (χ1v) is 8.47. The highest BCUT2D eigenvalue weighted by Crippen LogP contribution is 2.21. The van der Waals surface area contributed by atoms with Crippen molar-refractivity contribution in [1.29, 1.82) is 0 Å². The largest absolute Gasteiger partial charge is 0.351 e. The lowest BCUT2D eigenvalue weighted by Crippen LogP contribution is -2.48. The van der Waals surface area contributed by atoms with Crippen LogP contribution in [0.5, 0.6) is 0 Å². The maximum Gasteiger partial charge on any atom is 0.314 e. The van der Waals surface area contributed by atoms with Crippen LogP contribution in [0.15, 0.2) is 12.1 Å². The molecule has 1 atom stereocenters. The van der Waals surface area contributed by atoms with E-state index in [1.807, 2.05) is 32.9 Å². The predicted molar refractivity (Wildman–Crippen MR) is 96.2 cm³/mol. The quantitative estimate of drug-likeness (QED) is 0.768. The number of benzene rings is 1. The standard InChI is InChI=1S/C18H26N4O3/c1-11-7-12(2)16(13(3)8-11)21-15(23)9-20-17(24)14-5-4-6-22(10-14)18(19)25/h7-8,14H,4-6,9-10H2,1-3H3,(H2,19,25)(H,20,24)(H,21,23)/t14-/m1/s1. The summed E-state index contributed by atoms with van der Waals surface area (Å²) in [6.07, 6.45) is 1.42. The monoisotopic (exact) mass is 346 g/mol. The second-order valence-electron chi connectivity index (χ2n) is 6.66. The Balaban J connectivity index is 1.87. The number of likely N-dealkylation sites (tertiary alicyclic amines) is 1. The van der Waals surface area contributed by atoms with Gasteiger partial charge in [0.15, 0.2) is 0 Å². The smallest absolute Gasteiger partial charge is 0.314 e. The maximum absolute atomic E-state index is 12.2. The first-order chi connectivity index (χ1) is 11.8. The van der Waals surface area contributed by atoms with Gasteiger partial charge >= 0.3 is 6.03 Å². The minimum Gasteiger partial charge on any atom is -0.351 e. The number of piperidine rings is 1. The molecule has 2 rings (SSSR count). The summed E-state index contributed by atoms with van der Waals surface area (Å²) in [6.45, 7) is 6.66. The van der Waals surface area contributed by atoms with Gasteiger partial charge in [0, 0.05) is 18.8 Å². The molecule has 1 fully saturated rings. The van der Waals surface area contributed by atoms with Crippen LogP contribution in [-0.2, 0) is 9.59 Å². The number of nitrogens with zero attached hydrogens (tertiary/aromatic N) is 1.